The van der Waals surface area contributed by atoms with E-state index in [1.807, 2.05) is 11.9 Å². The van der Waals surface area contributed by atoms with Crippen LogP contribution in [0.2, 0.25) is 0 Å². The number of carbonyl (C=O) groups is 1. The monoisotopic (exact) mass is 226 g/mol. The Hall–Kier alpha value is -0.770. The molecule has 1 saturated heterocycles. The maximum atomic E-state index is 11.6. The Morgan fingerprint density at radius 1 is 1.38 bits per heavy atom. The number of hydrogen-bond donors (Lipinski definition) is 1. The second kappa shape index (κ2) is 5.04. The van der Waals surface area contributed by atoms with E-state index in [1.54, 1.807) is 0 Å². The number of carbonyl (C=O) groups excluding carboxylic acids is 1. The second-order valence-electron chi connectivity index (χ2n) is 5.14. The summed E-state index contributed by atoms with van der Waals surface area (Å²) in [5.74, 6) is 1.58. The van der Waals surface area contributed by atoms with Gasteiger partial charge in [0, 0.05) is 19.1 Å². The third kappa shape index (κ3) is 2.88. The summed E-state index contributed by atoms with van der Waals surface area (Å²) in [4.78, 5) is 13.4. The number of hydrogen-bond acceptors (Lipinski definition) is 3. The Labute approximate surface area is 97.3 Å². The van der Waals surface area contributed by atoms with Crippen LogP contribution in [0.4, 0.5) is 4.79 Å². The van der Waals surface area contributed by atoms with Gasteiger partial charge in [0.25, 0.3) is 0 Å². The molecule has 2 unspecified atom stereocenters. The van der Waals surface area contributed by atoms with E-state index in [-0.39, 0.29) is 6.09 Å². The summed E-state index contributed by atoms with van der Waals surface area (Å²) in [5, 5.41) is 3.29. The second-order valence-corrected chi connectivity index (χ2v) is 5.14. The molecule has 16 heavy (non-hydrogen) atoms. The lowest BCUT2D eigenvalue weighted by Gasteiger charge is -2.37. The highest BCUT2D eigenvalue weighted by Crippen LogP contribution is 2.37. The summed E-state index contributed by atoms with van der Waals surface area (Å²) in [5.41, 5.74) is 0. The van der Waals surface area contributed by atoms with Crippen LogP contribution in [-0.2, 0) is 4.74 Å². The number of methoxy groups -OCH3 is 1. The molecule has 0 aromatic rings. The molecule has 1 aliphatic carbocycles. The first-order valence-electron chi connectivity index (χ1n) is 6.23. The summed E-state index contributed by atoms with van der Waals surface area (Å²) in [6, 6.07) is 0.427. The molecule has 1 amide bonds. The third-order valence-corrected chi connectivity index (χ3v) is 3.74. The molecule has 1 aliphatic heterocycles. The van der Waals surface area contributed by atoms with E-state index in [2.05, 4.69) is 5.32 Å². The number of rotatable bonds is 3. The quantitative estimate of drug-likeness (QED) is 0.792. The van der Waals surface area contributed by atoms with Crippen LogP contribution in [-0.4, -0.2) is 44.3 Å². The lowest BCUT2D eigenvalue weighted by Crippen LogP contribution is -2.50. The van der Waals surface area contributed by atoms with E-state index in [4.69, 9.17) is 4.74 Å². The number of nitrogens with one attached hydrogen (secondary N) is 1. The predicted molar refractivity (Wildman–Crippen MR) is 62.3 cm³/mol. The van der Waals surface area contributed by atoms with Gasteiger partial charge in [0.2, 0.25) is 0 Å². The Morgan fingerprint density at radius 3 is 2.69 bits per heavy atom. The molecule has 1 N–H and O–H groups in total. The van der Waals surface area contributed by atoms with Crippen LogP contribution >= 0.6 is 0 Å². The number of nitrogens with zero attached hydrogens (tertiary/aromatic N) is 1. The molecule has 1 heterocycles. The van der Waals surface area contributed by atoms with E-state index in [1.165, 1.54) is 32.8 Å². The maximum Gasteiger partial charge on any atom is 0.409 e. The lowest BCUT2D eigenvalue weighted by molar-refractivity contribution is 0.0893. The topological polar surface area (TPSA) is 41.6 Å². The van der Waals surface area contributed by atoms with Gasteiger partial charge in [-0.25, -0.2) is 4.79 Å². The van der Waals surface area contributed by atoms with Crippen molar-refractivity contribution in [2.45, 2.75) is 31.7 Å². The summed E-state index contributed by atoms with van der Waals surface area (Å²) in [7, 11) is 3.43. The Balaban J connectivity index is 1.90. The molecule has 0 spiro atoms. The average Bonchev–Trinajstić information content (AvgIpc) is 3.11. The zero-order valence-corrected chi connectivity index (χ0v) is 10.2. The smallest absolute Gasteiger partial charge is 0.409 e. The molecule has 1 saturated carbocycles. The number of amides is 1. The van der Waals surface area contributed by atoms with Gasteiger partial charge in [-0.2, -0.15) is 0 Å². The van der Waals surface area contributed by atoms with Crippen molar-refractivity contribution in [1.29, 1.82) is 0 Å². The van der Waals surface area contributed by atoms with Gasteiger partial charge >= 0.3 is 6.09 Å². The Morgan fingerprint density at radius 2 is 2.12 bits per heavy atom. The van der Waals surface area contributed by atoms with Crippen molar-refractivity contribution in [1.82, 2.24) is 10.2 Å². The van der Waals surface area contributed by atoms with Crippen LogP contribution in [0.1, 0.15) is 25.7 Å². The minimum Gasteiger partial charge on any atom is -0.453 e. The predicted octanol–water partition coefficient (Wildman–Crippen LogP) is 1.46. The molecular weight excluding hydrogens is 204 g/mol. The van der Waals surface area contributed by atoms with E-state index in [9.17, 15) is 4.79 Å². The fourth-order valence-electron chi connectivity index (χ4n) is 2.69. The average molecular weight is 226 g/mol. The Bertz CT molecular complexity index is 253. The standard InChI is InChI=1S/C12H22N2O2/c1-13-11-6-10(5-9-3-4-9)7-14(8-11)12(15)16-2/h9-11,13H,3-8H2,1-2H3. The molecule has 4 nitrogen and oxygen atoms in total. The number of piperidine rings is 1. The molecular formula is C12H22N2O2. The van der Waals surface area contributed by atoms with Gasteiger partial charge < -0.3 is 15.0 Å². The van der Waals surface area contributed by atoms with Gasteiger partial charge in [-0.1, -0.05) is 12.8 Å². The molecule has 2 rings (SSSR count). The summed E-state index contributed by atoms with van der Waals surface area (Å²) < 4.78 is 4.81. The van der Waals surface area contributed by atoms with Crippen molar-refractivity contribution in [3.63, 3.8) is 0 Å². The summed E-state index contributed by atoms with van der Waals surface area (Å²) in [6.07, 6.45) is 5.07. The molecule has 2 fully saturated rings. The van der Waals surface area contributed by atoms with Gasteiger partial charge in [-0.3, -0.25) is 0 Å². The van der Waals surface area contributed by atoms with E-state index in [0.29, 0.717) is 12.0 Å². The zero-order valence-electron chi connectivity index (χ0n) is 10.2. The van der Waals surface area contributed by atoms with Crippen molar-refractivity contribution >= 4 is 6.09 Å². The van der Waals surface area contributed by atoms with Crippen molar-refractivity contribution in [2.24, 2.45) is 11.8 Å². The van der Waals surface area contributed by atoms with Crippen molar-refractivity contribution in [3.8, 4) is 0 Å². The molecule has 0 bridgehead atoms. The first-order chi connectivity index (χ1) is 7.72. The van der Waals surface area contributed by atoms with Crippen molar-refractivity contribution < 1.29 is 9.53 Å². The number of likely N-dealkylation sites (N-methyl/N-ethyl adjacent to an activating group) is 1. The minimum absolute atomic E-state index is 0.180. The van der Waals surface area contributed by atoms with Gasteiger partial charge in [0.05, 0.1) is 7.11 Å². The highest BCUT2D eigenvalue weighted by atomic mass is 16.5. The van der Waals surface area contributed by atoms with Crippen molar-refractivity contribution in [3.05, 3.63) is 0 Å². The molecule has 2 atom stereocenters. The fourth-order valence-corrected chi connectivity index (χ4v) is 2.69. The normalized spacial score (nSPS) is 30.2. The number of likely N-dealkylation sites (tertiary alicyclic amines) is 1. The van der Waals surface area contributed by atoms with Gasteiger partial charge in [-0.15, -0.1) is 0 Å². The van der Waals surface area contributed by atoms with Gasteiger partial charge in [0.15, 0.2) is 0 Å². The van der Waals surface area contributed by atoms with E-state index < -0.39 is 0 Å². The molecule has 92 valence electrons. The van der Waals surface area contributed by atoms with Crippen LogP contribution in [0, 0.1) is 11.8 Å². The van der Waals surface area contributed by atoms with Crippen LogP contribution in [0.5, 0.6) is 0 Å². The first-order valence-corrected chi connectivity index (χ1v) is 6.23. The molecule has 0 radical (unpaired) electrons. The van der Waals surface area contributed by atoms with Crippen molar-refractivity contribution in [2.75, 3.05) is 27.2 Å². The summed E-state index contributed by atoms with van der Waals surface area (Å²) >= 11 is 0. The zero-order chi connectivity index (χ0) is 11.5. The first kappa shape index (κ1) is 11.7. The van der Waals surface area contributed by atoms with Crippen LogP contribution < -0.4 is 5.32 Å². The number of ether oxygens (including phenoxy) is 1. The lowest BCUT2D eigenvalue weighted by atomic mass is 9.90. The largest absolute Gasteiger partial charge is 0.453 e. The fraction of sp³-hybridized carbons (Fsp3) is 0.917. The summed E-state index contributed by atoms with van der Waals surface area (Å²) in [6.45, 7) is 1.66. The molecule has 4 heteroatoms. The van der Waals surface area contributed by atoms with Crippen LogP contribution in [0.25, 0.3) is 0 Å². The van der Waals surface area contributed by atoms with Gasteiger partial charge in [-0.05, 0) is 31.7 Å². The van der Waals surface area contributed by atoms with Crippen LogP contribution in [0.15, 0.2) is 0 Å². The maximum absolute atomic E-state index is 11.6. The van der Waals surface area contributed by atoms with E-state index in [0.717, 1.165) is 19.0 Å². The van der Waals surface area contributed by atoms with Crippen LogP contribution in [0.3, 0.4) is 0 Å². The van der Waals surface area contributed by atoms with E-state index >= 15 is 0 Å². The molecule has 2 aliphatic rings. The Kier molecular flexibility index (Phi) is 3.69. The highest BCUT2D eigenvalue weighted by molar-refractivity contribution is 5.67. The molecule has 0 aromatic heterocycles. The highest BCUT2D eigenvalue weighted by Gasteiger charge is 2.33. The SMILES string of the molecule is CNC1CC(CC2CC2)CN(C(=O)OC)C1. The third-order valence-electron chi connectivity index (χ3n) is 3.74. The van der Waals surface area contributed by atoms with Gasteiger partial charge in [0.1, 0.15) is 0 Å². The molecule has 0 aromatic carbocycles. The minimum atomic E-state index is -0.180.